The van der Waals surface area contributed by atoms with E-state index in [0.29, 0.717) is 18.4 Å². The Bertz CT molecular complexity index is 1180. The maximum absolute atomic E-state index is 13.7. The van der Waals surface area contributed by atoms with Gasteiger partial charge in [0, 0.05) is 32.7 Å². The third-order valence-corrected chi connectivity index (χ3v) is 7.64. The summed E-state index contributed by atoms with van der Waals surface area (Å²) in [4.78, 5) is 23.8. The average molecular weight is 489 g/mol. The first-order valence-corrected chi connectivity index (χ1v) is 13.9. The molecule has 1 aliphatic heterocycles. The number of fused-ring (bicyclic) bond motifs is 1. The van der Waals surface area contributed by atoms with Crippen LogP contribution in [-0.4, -0.2) is 46.0 Å². The van der Waals surface area contributed by atoms with Gasteiger partial charge in [-0.3, -0.25) is 14.3 Å². The number of piperidine rings is 1. The Balaban J connectivity index is 1.58. The lowest BCUT2D eigenvalue weighted by atomic mass is 9.90. The van der Waals surface area contributed by atoms with Crippen LogP contribution >= 0.6 is 0 Å². The van der Waals surface area contributed by atoms with Gasteiger partial charge in [0.2, 0.25) is 0 Å². The molecule has 0 amide bonds. The molecule has 1 aliphatic rings. The fraction of sp³-hybridized carbons (Fsp3) is 0.548. The van der Waals surface area contributed by atoms with Crippen molar-refractivity contribution in [2.24, 2.45) is 11.8 Å². The van der Waals surface area contributed by atoms with Crippen molar-refractivity contribution >= 4 is 10.9 Å². The van der Waals surface area contributed by atoms with Crippen molar-refractivity contribution in [1.82, 2.24) is 19.4 Å². The summed E-state index contributed by atoms with van der Waals surface area (Å²) >= 11 is 0. The number of aromatic nitrogens is 2. The largest absolute Gasteiger partial charge is 0.302 e. The molecule has 0 spiro atoms. The fourth-order valence-electron chi connectivity index (χ4n) is 6.01. The zero-order valence-electron chi connectivity index (χ0n) is 22.9. The van der Waals surface area contributed by atoms with Gasteiger partial charge in [-0.2, -0.15) is 0 Å². The molecule has 0 radical (unpaired) electrons. The van der Waals surface area contributed by atoms with Gasteiger partial charge in [0.05, 0.1) is 16.9 Å². The average Bonchev–Trinajstić information content (AvgIpc) is 2.86. The van der Waals surface area contributed by atoms with Crippen LogP contribution in [0.2, 0.25) is 0 Å². The van der Waals surface area contributed by atoms with Gasteiger partial charge in [-0.1, -0.05) is 63.6 Å². The lowest BCUT2D eigenvalue weighted by molar-refractivity contribution is 0.0836. The Kier molecular flexibility index (Phi) is 8.97. The van der Waals surface area contributed by atoms with Crippen molar-refractivity contribution in [1.29, 1.82) is 0 Å². The van der Waals surface area contributed by atoms with E-state index in [2.05, 4.69) is 93.1 Å². The zero-order chi connectivity index (χ0) is 25.7. The Morgan fingerprint density at radius 3 is 2.42 bits per heavy atom. The molecule has 194 valence electrons. The molecule has 2 heterocycles. The second-order valence-corrected chi connectivity index (χ2v) is 11.0. The van der Waals surface area contributed by atoms with E-state index in [4.69, 9.17) is 4.98 Å². The maximum Gasteiger partial charge on any atom is 0.261 e. The molecule has 3 atom stereocenters. The molecular formula is C31H44N4O. The highest BCUT2D eigenvalue weighted by Gasteiger charge is 2.31. The molecule has 5 nitrogen and oxygen atoms in total. The normalized spacial score (nSPS) is 19.7. The van der Waals surface area contributed by atoms with Crippen molar-refractivity contribution in [3.05, 3.63) is 75.8 Å². The van der Waals surface area contributed by atoms with Crippen molar-refractivity contribution in [3.63, 3.8) is 0 Å². The van der Waals surface area contributed by atoms with Crippen LogP contribution in [0, 0.1) is 11.8 Å². The van der Waals surface area contributed by atoms with Crippen LogP contribution in [-0.2, 0) is 19.5 Å². The number of hydrogen-bond acceptors (Lipinski definition) is 4. The summed E-state index contributed by atoms with van der Waals surface area (Å²) in [7, 11) is 2.15. The van der Waals surface area contributed by atoms with Crippen molar-refractivity contribution < 1.29 is 0 Å². The molecule has 2 aromatic carbocycles. The van der Waals surface area contributed by atoms with E-state index in [1.807, 2.05) is 4.57 Å². The summed E-state index contributed by atoms with van der Waals surface area (Å²) in [6.07, 6.45) is 4.30. The molecule has 0 bridgehead atoms. The van der Waals surface area contributed by atoms with E-state index in [-0.39, 0.29) is 11.6 Å². The van der Waals surface area contributed by atoms with Crippen LogP contribution in [0.25, 0.3) is 10.9 Å². The Labute approximate surface area is 217 Å². The predicted octanol–water partition coefficient (Wildman–Crippen LogP) is 5.91. The predicted molar refractivity (Wildman–Crippen MR) is 150 cm³/mol. The molecule has 1 aromatic heterocycles. The number of benzene rings is 2. The third kappa shape index (κ3) is 6.24. The van der Waals surface area contributed by atoms with Crippen molar-refractivity contribution in [2.75, 3.05) is 26.7 Å². The van der Waals surface area contributed by atoms with E-state index in [1.165, 1.54) is 17.5 Å². The Morgan fingerprint density at radius 1 is 1.03 bits per heavy atom. The van der Waals surface area contributed by atoms with Crippen LogP contribution in [0.5, 0.6) is 0 Å². The molecule has 0 N–H and O–H groups in total. The van der Waals surface area contributed by atoms with Gasteiger partial charge in [0.1, 0.15) is 5.82 Å². The highest BCUT2D eigenvalue weighted by Crippen LogP contribution is 2.32. The van der Waals surface area contributed by atoms with Gasteiger partial charge in [0.15, 0.2) is 0 Å². The molecule has 0 aliphatic carbocycles. The third-order valence-electron chi connectivity index (χ3n) is 7.64. The molecule has 36 heavy (non-hydrogen) atoms. The SMILES string of the molecule is CCCC(c1nc2ccc(CCN(C)Cc3ccccc3)cc2c(=O)n1CC)N1C[C@H](C)C[C@H](C)C1. The van der Waals surface area contributed by atoms with Gasteiger partial charge in [-0.15, -0.1) is 0 Å². The summed E-state index contributed by atoms with van der Waals surface area (Å²) in [6.45, 7) is 13.7. The minimum atomic E-state index is 0.108. The minimum absolute atomic E-state index is 0.108. The molecule has 0 saturated carbocycles. The molecule has 5 heteroatoms. The number of rotatable bonds is 10. The van der Waals surface area contributed by atoms with Crippen molar-refractivity contribution in [3.8, 4) is 0 Å². The molecule has 3 aromatic rings. The van der Waals surface area contributed by atoms with Crippen LogP contribution in [0.3, 0.4) is 0 Å². The van der Waals surface area contributed by atoms with Crippen LogP contribution in [0.1, 0.15) is 70.0 Å². The first kappa shape index (κ1) is 26.6. The van der Waals surface area contributed by atoms with Crippen LogP contribution in [0.4, 0.5) is 0 Å². The summed E-state index contributed by atoms with van der Waals surface area (Å²) in [5, 5.41) is 0.749. The van der Waals surface area contributed by atoms with Crippen LogP contribution < -0.4 is 5.56 Å². The van der Waals surface area contributed by atoms with Gasteiger partial charge in [-0.05, 0) is 68.3 Å². The standard InChI is InChI=1S/C31H44N4O/c1-6-11-29(34-20-23(3)18-24(4)21-34)30-32-28-15-14-25(19-27(28)31(36)35(30)7-2)16-17-33(5)22-26-12-9-8-10-13-26/h8-10,12-15,19,23-24,29H,6-7,11,16-18,20-22H2,1-5H3/t23-,24+,29?. The Morgan fingerprint density at radius 2 is 1.75 bits per heavy atom. The number of nitrogens with zero attached hydrogens (tertiary/aromatic N) is 4. The summed E-state index contributed by atoms with van der Waals surface area (Å²) in [5.41, 5.74) is 3.46. The number of likely N-dealkylation sites (N-methyl/N-ethyl adjacent to an activating group) is 1. The van der Waals surface area contributed by atoms with E-state index in [0.717, 1.165) is 62.2 Å². The second-order valence-electron chi connectivity index (χ2n) is 11.0. The quantitative estimate of drug-likeness (QED) is 0.356. The molecule has 1 saturated heterocycles. The topological polar surface area (TPSA) is 41.4 Å². The molecule has 1 unspecified atom stereocenters. The molecule has 4 rings (SSSR count). The van der Waals surface area contributed by atoms with E-state index >= 15 is 0 Å². The van der Waals surface area contributed by atoms with Gasteiger partial charge < -0.3 is 4.90 Å². The highest BCUT2D eigenvalue weighted by atomic mass is 16.1. The van der Waals surface area contributed by atoms with Gasteiger partial charge in [0.25, 0.3) is 5.56 Å². The smallest absolute Gasteiger partial charge is 0.261 e. The summed E-state index contributed by atoms with van der Waals surface area (Å²) < 4.78 is 1.94. The highest BCUT2D eigenvalue weighted by molar-refractivity contribution is 5.78. The summed E-state index contributed by atoms with van der Waals surface area (Å²) in [5.74, 6) is 2.31. The van der Waals surface area contributed by atoms with Gasteiger partial charge in [-0.25, -0.2) is 4.98 Å². The van der Waals surface area contributed by atoms with E-state index in [1.54, 1.807) is 0 Å². The first-order valence-electron chi connectivity index (χ1n) is 13.9. The fourth-order valence-corrected chi connectivity index (χ4v) is 6.01. The zero-order valence-corrected chi connectivity index (χ0v) is 22.9. The summed E-state index contributed by atoms with van der Waals surface area (Å²) in [6, 6.07) is 17.1. The Hall–Kier alpha value is -2.50. The number of hydrogen-bond donors (Lipinski definition) is 0. The van der Waals surface area contributed by atoms with Crippen molar-refractivity contribution in [2.45, 2.75) is 72.5 Å². The number of likely N-dealkylation sites (tertiary alicyclic amines) is 1. The molecular weight excluding hydrogens is 444 g/mol. The lowest BCUT2D eigenvalue weighted by Crippen LogP contribution is -2.43. The van der Waals surface area contributed by atoms with Gasteiger partial charge >= 0.3 is 0 Å². The monoisotopic (exact) mass is 488 g/mol. The minimum Gasteiger partial charge on any atom is -0.302 e. The maximum atomic E-state index is 13.7. The van der Waals surface area contributed by atoms with E-state index in [9.17, 15) is 4.79 Å². The second kappa shape index (κ2) is 12.2. The lowest BCUT2D eigenvalue weighted by Gasteiger charge is -2.40. The van der Waals surface area contributed by atoms with E-state index < -0.39 is 0 Å². The first-order chi connectivity index (χ1) is 17.4. The molecule has 1 fully saturated rings. The van der Waals surface area contributed by atoms with Crippen LogP contribution in [0.15, 0.2) is 53.3 Å².